The number of nitrogens with zero attached hydrogens (tertiary/aromatic N) is 3. The normalized spacial score (nSPS) is 12.7. The topological polar surface area (TPSA) is 94.0 Å². The zero-order chi connectivity index (χ0) is 11.4. The van der Waals surface area contributed by atoms with E-state index >= 15 is 0 Å². The fourth-order valence-electron chi connectivity index (χ4n) is 0.914. The van der Waals surface area contributed by atoms with E-state index in [2.05, 4.69) is 10.2 Å². The van der Waals surface area contributed by atoms with Gasteiger partial charge < -0.3 is 15.4 Å². The smallest absolute Gasteiger partial charge is 0.320 e. The van der Waals surface area contributed by atoms with E-state index in [4.69, 9.17) is 10.8 Å². The van der Waals surface area contributed by atoms with Gasteiger partial charge in [-0.2, -0.15) is 0 Å². The minimum atomic E-state index is -0.968. The van der Waals surface area contributed by atoms with Gasteiger partial charge in [0.15, 0.2) is 5.16 Å². The summed E-state index contributed by atoms with van der Waals surface area (Å²) in [4.78, 5) is 10.4. The lowest BCUT2D eigenvalue weighted by Gasteiger charge is -2.05. The third-order valence-electron chi connectivity index (χ3n) is 2.03. The summed E-state index contributed by atoms with van der Waals surface area (Å²) in [6.07, 6.45) is 0.423. The number of carboxylic acids is 1. The zero-order valence-corrected chi connectivity index (χ0v) is 9.49. The third kappa shape index (κ3) is 3.21. The molecule has 1 heterocycles. The van der Waals surface area contributed by atoms with Crippen molar-refractivity contribution >= 4 is 17.7 Å². The Morgan fingerprint density at radius 2 is 2.33 bits per heavy atom. The predicted molar refractivity (Wildman–Crippen MR) is 56.7 cm³/mol. The molecule has 0 spiro atoms. The lowest BCUT2D eigenvalue weighted by molar-refractivity contribution is -0.138. The van der Waals surface area contributed by atoms with Crippen LogP contribution < -0.4 is 5.73 Å². The summed E-state index contributed by atoms with van der Waals surface area (Å²) in [5, 5.41) is 17.2. The highest BCUT2D eigenvalue weighted by Gasteiger charge is 2.12. The van der Waals surface area contributed by atoms with E-state index in [9.17, 15) is 4.79 Å². The van der Waals surface area contributed by atoms with Crippen molar-refractivity contribution < 1.29 is 9.90 Å². The number of carbonyl (C=O) groups is 1. The van der Waals surface area contributed by atoms with Gasteiger partial charge in [0.1, 0.15) is 11.9 Å². The molecule has 0 aliphatic carbocycles. The number of aromatic nitrogens is 3. The Kier molecular flexibility index (Phi) is 4.10. The standard InChI is InChI=1S/C8H14N4O2S/c1-5-10-11-8(12(5)2)15-4-3-6(9)7(13)14/h6H,3-4,9H2,1-2H3,(H,13,14). The van der Waals surface area contributed by atoms with Gasteiger partial charge in [-0.15, -0.1) is 10.2 Å². The second-order valence-corrected chi connectivity index (χ2v) is 4.23. The van der Waals surface area contributed by atoms with E-state index in [1.807, 2.05) is 18.5 Å². The maximum absolute atomic E-state index is 10.4. The highest BCUT2D eigenvalue weighted by molar-refractivity contribution is 7.99. The number of nitrogens with two attached hydrogens (primary N) is 1. The van der Waals surface area contributed by atoms with Crippen molar-refractivity contribution in [2.45, 2.75) is 24.5 Å². The van der Waals surface area contributed by atoms with Crippen LogP contribution >= 0.6 is 11.8 Å². The van der Waals surface area contributed by atoms with Crippen molar-refractivity contribution in [2.24, 2.45) is 12.8 Å². The van der Waals surface area contributed by atoms with Crippen LogP contribution in [0.15, 0.2) is 5.16 Å². The number of thioether (sulfide) groups is 1. The average molecular weight is 230 g/mol. The first-order chi connectivity index (χ1) is 7.02. The minimum absolute atomic E-state index is 0.423. The first kappa shape index (κ1) is 12.0. The molecule has 0 bridgehead atoms. The van der Waals surface area contributed by atoms with Gasteiger partial charge in [-0.05, 0) is 13.3 Å². The molecule has 3 N–H and O–H groups in total. The highest BCUT2D eigenvalue weighted by Crippen LogP contribution is 2.16. The van der Waals surface area contributed by atoms with Gasteiger partial charge in [-0.1, -0.05) is 11.8 Å². The molecule has 1 rings (SSSR count). The van der Waals surface area contributed by atoms with Gasteiger partial charge >= 0.3 is 5.97 Å². The monoisotopic (exact) mass is 230 g/mol. The van der Waals surface area contributed by atoms with Crippen molar-refractivity contribution in [1.29, 1.82) is 0 Å². The number of hydrogen-bond acceptors (Lipinski definition) is 5. The van der Waals surface area contributed by atoms with Crippen molar-refractivity contribution in [2.75, 3.05) is 5.75 Å². The van der Waals surface area contributed by atoms with Crippen LogP contribution in [-0.2, 0) is 11.8 Å². The van der Waals surface area contributed by atoms with E-state index < -0.39 is 12.0 Å². The van der Waals surface area contributed by atoms with E-state index in [1.54, 1.807) is 0 Å². The molecule has 0 saturated carbocycles. The zero-order valence-electron chi connectivity index (χ0n) is 8.67. The Bertz CT molecular complexity index is 352. The van der Waals surface area contributed by atoms with Crippen LogP contribution in [0.1, 0.15) is 12.2 Å². The first-order valence-corrected chi connectivity index (χ1v) is 5.48. The van der Waals surface area contributed by atoms with Crippen LogP contribution in [0.2, 0.25) is 0 Å². The fraction of sp³-hybridized carbons (Fsp3) is 0.625. The third-order valence-corrected chi connectivity index (χ3v) is 3.08. The number of carboxylic acid groups (broad SMARTS) is 1. The van der Waals surface area contributed by atoms with Crippen molar-refractivity contribution in [1.82, 2.24) is 14.8 Å². The van der Waals surface area contributed by atoms with Gasteiger partial charge in [0, 0.05) is 12.8 Å². The lowest BCUT2D eigenvalue weighted by atomic mass is 10.2. The van der Waals surface area contributed by atoms with Crippen LogP contribution in [0, 0.1) is 6.92 Å². The summed E-state index contributed by atoms with van der Waals surface area (Å²) in [5.41, 5.74) is 5.37. The second kappa shape index (κ2) is 5.13. The Balaban J connectivity index is 2.38. The molecule has 6 nitrogen and oxygen atoms in total. The van der Waals surface area contributed by atoms with E-state index in [-0.39, 0.29) is 0 Å². The Labute approximate surface area is 91.9 Å². The molecule has 1 aromatic heterocycles. The summed E-state index contributed by atoms with van der Waals surface area (Å²) in [6, 6.07) is -0.799. The number of aryl methyl sites for hydroxylation is 1. The van der Waals surface area contributed by atoms with E-state index in [1.165, 1.54) is 11.8 Å². The summed E-state index contributed by atoms with van der Waals surface area (Å²) in [7, 11) is 1.87. The Hall–Kier alpha value is -1.08. The van der Waals surface area contributed by atoms with Crippen molar-refractivity contribution in [3.05, 3.63) is 5.82 Å². The van der Waals surface area contributed by atoms with Crippen LogP contribution in [0.25, 0.3) is 0 Å². The summed E-state index contributed by atoms with van der Waals surface area (Å²) in [6.45, 7) is 1.86. The molecule has 7 heteroatoms. The molecule has 0 saturated heterocycles. The Morgan fingerprint density at radius 1 is 1.67 bits per heavy atom. The second-order valence-electron chi connectivity index (χ2n) is 3.17. The molecule has 84 valence electrons. The number of hydrogen-bond donors (Lipinski definition) is 2. The van der Waals surface area contributed by atoms with Gasteiger partial charge in [-0.3, -0.25) is 4.79 Å². The number of rotatable bonds is 5. The summed E-state index contributed by atoms with van der Waals surface area (Å²) in [5.74, 6) is 0.490. The largest absolute Gasteiger partial charge is 0.480 e. The molecule has 1 atom stereocenters. The molecular formula is C8H14N4O2S. The molecule has 0 aliphatic heterocycles. The molecular weight excluding hydrogens is 216 g/mol. The van der Waals surface area contributed by atoms with Crippen LogP contribution in [0.3, 0.4) is 0 Å². The van der Waals surface area contributed by atoms with Gasteiger partial charge in [0.25, 0.3) is 0 Å². The molecule has 0 aliphatic rings. The van der Waals surface area contributed by atoms with Crippen molar-refractivity contribution in [3.63, 3.8) is 0 Å². The summed E-state index contributed by atoms with van der Waals surface area (Å²) >= 11 is 1.46. The first-order valence-electron chi connectivity index (χ1n) is 4.49. The van der Waals surface area contributed by atoms with Gasteiger partial charge in [0.05, 0.1) is 0 Å². The lowest BCUT2D eigenvalue weighted by Crippen LogP contribution is -2.30. The SMILES string of the molecule is Cc1nnc(SCCC(N)C(=O)O)n1C. The van der Waals surface area contributed by atoms with E-state index in [0.29, 0.717) is 12.2 Å². The maximum atomic E-state index is 10.4. The molecule has 0 radical (unpaired) electrons. The minimum Gasteiger partial charge on any atom is -0.480 e. The van der Waals surface area contributed by atoms with Crippen LogP contribution in [0.5, 0.6) is 0 Å². The fourth-order valence-corrected chi connectivity index (χ4v) is 1.89. The molecule has 1 unspecified atom stereocenters. The Morgan fingerprint density at radius 3 is 2.80 bits per heavy atom. The highest BCUT2D eigenvalue weighted by atomic mass is 32.2. The van der Waals surface area contributed by atoms with Gasteiger partial charge in [-0.25, -0.2) is 0 Å². The summed E-state index contributed by atoms with van der Waals surface area (Å²) < 4.78 is 1.86. The quantitative estimate of drug-likeness (QED) is 0.692. The molecule has 0 aromatic carbocycles. The number of aliphatic carboxylic acids is 1. The van der Waals surface area contributed by atoms with E-state index in [0.717, 1.165) is 11.0 Å². The molecule has 1 aromatic rings. The van der Waals surface area contributed by atoms with Crippen LogP contribution in [-0.4, -0.2) is 37.6 Å². The van der Waals surface area contributed by atoms with Gasteiger partial charge in [0.2, 0.25) is 0 Å². The molecule has 15 heavy (non-hydrogen) atoms. The predicted octanol–water partition coefficient (Wildman–Crippen LogP) is 0.0176. The average Bonchev–Trinajstić information content (AvgIpc) is 2.49. The maximum Gasteiger partial charge on any atom is 0.320 e. The molecule has 0 amide bonds. The van der Waals surface area contributed by atoms with Crippen LogP contribution in [0.4, 0.5) is 0 Å². The molecule has 0 fully saturated rings. The van der Waals surface area contributed by atoms with Crippen molar-refractivity contribution in [3.8, 4) is 0 Å².